The number of para-hydroxylation sites is 3. The number of fused-ring (bicyclic) bond motifs is 1. The van der Waals surface area contributed by atoms with Crippen molar-refractivity contribution in [1.82, 2.24) is 14.9 Å². The number of halogens is 3. The third-order valence-electron chi connectivity index (χ3n) is 5.30. The van der Waals surface area contributed by atoms with Crippen LogP contribution in [-0.2, 0) is 17.5 Å². The molecule has 0 fully saturated rings. The fourth-order valence-corrected chi connectivity index (χ4v) is 3.67. The molecule has 4 aromatic rings. The van der Waals surface area contributed by atoms with Gasteiger partial charge >= 0.3 is 6.18 Å². The Kier molecular flexibility index (Phi) is 6.36. The summed E-state index contributed by atoms with van der Waals surface area (Å²) < 4.78 is 41.4. The average molecular weight is 466 g/mol. The number of nitrogens with one attached hydrogen (secondary N) is 2. The van der Waals surface area contributed by atoms with E-state index in [2.05, 4.69) is 15.6 Å². The molecule has 0 aliphatic rings. The van der Waals surface area contributed by atoms with Crippen LogP contribution in [0.5, 0.6) is 0 Å². The fraction of sp³-hybridized carbons (Fsp3) is 0.160. The van der Waals surface area contributed by atoms with Gasteiger partial charge in [-0.05, 0) is 36.8 Å². The van der Waals surface area contributed by atoms with Crippen LogP contribution < -0.4 is 10.6 Å². The van der Waals surface area contributed by atoms with Gasteiger partial charge in [0.1, 0.15) is 6.54 Å². The molecule has 0 saturated carbocycles. The van der Waals surface area contributed by atoms with E-state index in [-0.39, 0.29) is 28.3 Å². The van der Waals surface area contributed by atoms with Gasteiger partial charge in [0.05, 0.1) is 28.3 Å². The smallest absolute Gasteiger partial charge is 0.345 e. The molecule has 0 bridgehead atoms. The molecule has 0 aliphatic heterocycles. The van der Waals surface area contributed by atoms with Gasteiger partial charge in [0.25, 0.3) is 5.91 Å². The van der Waals surface area contributed by atoms with Crippen molar-refractivity contribution in [2.45, 2.75) is 25.7 Å². The summed E-state index contributed by atoms with van der Waals surface area (Å²) in [4.78, 5) is 29.3. The standard InChI is InChI=1S/C25H21F3N4O2/c1-16(17-9-3-2-4-10-17)29-23(34)18-11-5-6-12-19(18)30-22(33)15-32-21-14-8-7-13-20(21)31-24(32)25(26,27)28/h2-14,16H,15H2,1H3,(H,29,34)(H,30,33)/t16-/m0/s1. The van der Waals surface area contributed by atoms with E-state index in [0.717, 1.165) is 10.1 Å². The summed E-state index contributed by atoms with van der Waals surface area (Å²) in [6.45, 7) is 1.21. The number of rotatable bonds is 6. The SMILES string of the molecule is C[C@H](NC(=O)c1ccccc1NC(=O)Cn1c(C(F)(F)F)nc2ccccc21)c1ccccc1. The molecular weight excluding hydrogens is 445 g/mol. The van der Waals surface area contributed by atoms with Gasteiger partial charge in [-0.1, -0.05) is 54.6 Å². The highest BCUT2D eigenvalue weighted by Crippen LogP contribution is 2.31. The number of hydrogen-bond acceptors (Lipinski definition) is 3. The molecule has 34 heavy (non-hydrogen) atoms. The number of hydrogen-bond donors (Lipinski definition) is 2. The summed E-state index contributed by atoms with van der Waals surface area (Å²) in [5.41, 5.74) is 1.63. The minimum absolute atomic E-state index is 0.136. The van der Waals surface area contributed by atoms with Crippen LogP contribution in [0.15, 0.2) is 78.9 Å². The van der Waals surface area contributed by atoms with Gasteiger partial charge < -0.3 is 15.2 Å². The van der Waals surface area contributed by atoms with Gasteiger partial charge in [-0.2, -0.15) is 13.2 Å². The van der Waals surface area contributed by atoms with E-state index < -0.39 is 30.4 Å². The third-order valence-corrected chi connectivity index (χ3v) is 5.30. The second-order valence-corrected chi connectivity index (χ2v) is 7.71. The Hall–Kier alpha value is -4.14. The first-order valence-electron chi connectivity index (χ1n) is 10.5. The van der Waals surface area contributed by atoms with Gasteiger partial charge in [-0.3, -0.25) is 9.59 Å². The van der Waals surface area contributed by atoms with Crippen molar-refractivity contribution < 1.29 is 22.8 Å². The summed E-state index contributed by atoms with van der Waals surface area (Å²) in [7, 11) is 0. The molecule has 0 spiro atoms. The maximum absolute atomic E-state index is 13.5. The summed E-state index contributed by atoms with van der Waals surface area (Å²) >= 11 is 0. The Balaban J connectivity index is 1.55. The van der Waals surface area contributed by atoms with Crippen molar-refractivity contribution in [2.24, 2.45) is 0 Å². The Labute approximate surface area is 193 Å². The van der Waals surface area contributed by atoms with Crippen LogP contribution in [0.25, 0.3) is 11.0 Å². The van der Waals surface area contributed by atoms with E-state index in [1.54, 1.807) is 24.3 Å². The van der Waals surface area contributed by atoms with Gasteiger partial charge in [0.15, 0.2) is 0 Å². The highest BCUT2D eigenvalue weighted by atomic mass is 19.4. The summed E-state index contributed by atoms with van der Waals surface area (Å²) in [6, 6.07) is 21.5. The molecule has 4 rings (SSSR count). The second-order valence-electron chi connectivity index (χ2n) is 7.71. The Morgan fingerprint density at radius 1 is 0.941 bits per heavy atom. The third kappa shape index (κ3) is 4.93. The van der Waals surface area contributed by atoms with E-state index in [0.29, 0.717) is 0 Å². The molecule has 9 heteroatoms. The number of nitrogens with zero attached hydrogens (tertiary/aromatic N) is 2. The molecule has 1 aromatic heterocycles. The molecule has 0 saturated heterocycles. The van der Waals surface area contributed by atoms with Crippen molar-refractivity contribution in [3.63, 3.8) is 0 Å². The van der Waals surface area contributed by atoms with E-state index in [1.165, 1.54) is 24.3 Å². The minimum atomic E-state index is -4.73. The zero-order valence-electron chi connectivity index (χ0n) is 18.1. The molecular formula is C25H21F3N4O2. The Bertz CT molecular complexity index is 1330. The normalized spacial score (nSPS) is 12.4. The van der Waals surface area contributed by atoms with Crippen LogP contribution in [0.2, 0.25) is 0 Å². The predicted molar refractivity (Wildman–Crippen MR) is 122 cm³/mol. The number of amides is 2. The maximum Gasteiger partial charge on any atom is 0.449 e. The summed E-state index contributed by atoms with van der Waals surface area (Å²) in [5, 5.41) is 5.44. The summed E-state index contributed by atoms with van der Waals surface area (Å²) in [5.74, 6) is -2.30. The lowest BCUT2D eigenvalue weighted by Gasteiger charge is -2.17. The zero-order valence-corrected chi connectivity index (χ0v) is 18.1. The number of imidazole rings is 1. The number of anilines is 1. The largest absolute Gasteiger partial charge is 0.449 e. The topological polar surface area (TPSA) is 76.0 Å². The molecule has 1 heterocycles. The van der Waals surface area contributed by atoms with E-state index in [4.69, 9.17) is 0 Å². The maximum atomic E-state index is 13.5. The molecule has 6 nitrogen and oxygen atoms in total. The Morgan fingerprint density at radius 2 is 1.59 bits per heavy atom. The van der Waals surface area contributed by atoms with Gasteiger partial charge in [-0.25, -0.2) is 4.98 Å². The van der Waals surface area contributed by atoms with E-state index >= 15 is 0 Å². The molecule has 1 atom stereocenters. The van der Waals surface area contributed by atoms with Crippen LogP contribution in [0.3, 0.4) is 0 Å². The lowest BCUT2D eigenvalue weighted by atomic mass is 10.1. The fourth-order valence-electron chi connectivity index (χ4n) is 3.67. The van der Waals surface area contributed by atoms with E-state index in [9.17, 15) is 22.8 Å². The van der Waals surface area contributed by atoms with Crippen LogP contribution in [0.4, 0.5) is 18.9 Å². The molecule has 174 valence electrons. The van der Waals surface area contributed by atoms with Gasteiger partial charge in [0, 0.05) is 0 Å². The molecule has 0 radical (unpaired) electrons. The van der Waals surface area contributed by atoms with Crippen molar-refractivity contribution >= 4 is 28.5 Å². The summed E-state index contributed by atoms with van der Waals surface area (Å²) in [6.07, 6.45) is -4.73. The second kappa shape index (κ2) is 9.38. The van der Waals surface area contributed by atoms with Crippen molar-refractivity contribution in [2.75, 3.05) is 5.32 Å². The highest BCUT2D eigenvalue weighted by Gasteiger charge is 2.38. The lowest BCUT2D eigenvalue weighted by molar-refractivity contribution is -0.147. The lowest BCUT2D eigenvalue weighted by Crippen LogP contribution is -2.28. The number of benzene rings is 3. The Morgan fingerprint density at radius 3 is 2.32 bits per heavy atom. The average Bonchev–Trinajstić information content (AvgIpc) is 3.19. The highest BCUT2D eigenvalue weighted by molar-refractivity contribution is 6.04. The number of carbonyl (C=O) groups excluding carboxylic acids is 2. The quantitative estimate of drug-likeness (QED) is 0.411. The minimum Gasteiger partial charge on any atom is -0.345 e. The van der Waals surface area contributed by atoms with Crippen LogP contribution in [-0.4, -0.2) is 21.4 Å². The number of alkyl halides is 3. The molecule has 3 aromatic carbocycles. The molecule has 0 aliphatic carbocycles. The van der Waals surface area contributed by atoms with Crippen LogP contribution in [0, 0.1) is 0 Å². The molecule has 0 unspecified atom stereocenters. The van der Waals surface area contributed by atoms with Crippen molar-refractivity contribution in [1.29, 1.82) is 0 Å². The number of carbonyl (C=O) groups is 2. The predicted octanol–water partition coefficient (Wildman–Crippen LogP) is 5.18. The molecule has 2 N–H and O–H groups in total. The number of aromatic nitrogens is 2. The first kappa shape index (κ1) is 23.0. The van der Waals surface area contributed by atoms with Crippen LogP contribution in [0.1, 0.15) is 34.7 Å². The van der Waals surface area contributed by atoms with E-state index in [1.807, 2.05) is 37.3 Å². The monoisotopic (exact) mass is 466 g/mol. The van der Waals surface area contributed by atoms with Crippen molar-refractivity contribution in [3.8, 4) is 0 Å². The zero-order chi connectivity index (χ0) is 24.3. The van der Waals surface area contributed by atoms with Crippen molar-refractivity contribution in [3.05, 3.63) is 95.8 Å². The van der Waals surface area contributed by atoms with Gasteiger partial charge in [0.2, 0.25) is 11.7 Å². The van der Waals surface area contributed by atoms with Crippen LogP contribution >= 0.6 is 0 Å². The first-order chi connectivity index (χ1) is 16.2. The molecule has 2 amide bonds. The first-order valence-corrected chi connectivity index (χ1v) is 10.5. The van der Waals surface area contributed by atoms with Gasteiger partial charge in [-0.15, -0.1) is 0 Å².